The van der Waals surface area contributed by atoms with Gasteiger partial charge in [-0.3, -0.25) is 14.3 Å². The van der Waals surface area contributed by atoms with Crippen LogP contribution < -0.4 is 5.32 Å². The molecular weight excluding hydrogens is 328 g/mol. The molecule has 1 aromatic carbocycles. The minimum Gasteiger partial charge on any atom is -0.326 e. The third kappa shape index (κ3) is 3.37. The van der Waals surface area contributed by atoms with Crippen LogP contribution in [-0.4, -0.2) is 45.4 Å². The number of anilines is 1. The minimum absolute atomic E-state index is 0.0528. The molecule has 1 saturated heterocycles. The van der Waals surface area contributed by atoms with Crippen molar-refractivity contribution in [1.29, 1.82) is 0 Å². The van der Waals surface area contributed by atoms with Crippen molar-refractivity contribution in [3.8, 4) is 0 Å². The van der Waals surface area contributed by atoms with Gasteiger partial charge in [0.15, 0.2) is 0 Å². The van der Waals surface area contributed by atoms with Gasteiger partial charge in [0.05, 0.1) is 6.54 Å². The van der Waals surface area contributed by atoms with Gasteiger partial charge >= 0.3 is 6.03 Å². The quantitative estimate of drug-likeness (QED) is 0.920. The summed E-state index contributed by atoms with van der Waals surface area (Å²) in [4.78, 5) is 28.0. The standard InChI is InChI=1S/C20H24N4O2/c1-15(25)21-17-6-4-16(5-7-17)13-22-11-8-18(9-12-22)24-14-19-3-2-10-23(19)20(24)26/h2-7,10,18H,8-9,11-14H2,1H3,(H,21,25). The lowest BCUT2D eigenvalue weighted by molar-refractivity contribution is -0.114. The zero-order valence-corrected chi connectivity index (χ0v) is 15.0. The van der Waals surface area contributed by atoms with Crippen molar-refractivity contribution >= 4 is 17.6 Å². The van der Waals surface area contributed by atoms with E-state index in [4.69, 9.17) is 0 Å². The number of rotatable bonds is 4. The molecule has 1 aromatic heterocycles. The molecule has 6 nitrogen and oxygen atoms in total. The largest absolute Gasteiger partial charge is 0.329 e. The fourth-order valence-electron chi connectivity index (χ4n) is 3.94. The predicted molar refractivity (Wildman–Crippen MR) is 99.8 cm³/mol. The normalized spacial score (nSPS) is 18.2. The van der Waals surface area contributed by atoms with Crippen LogP contribution in [0.15, 0.2) is 42.6 Å². The second-order valence-corrected chi connectivity index (χ2v) is 7.17. The lowest BCUT2D eigenvalue weighted by atomic mass is 10.0. The average Bonchev–Trinajstić information content (AvgIpc) is 3.20. The van der Waals surface area contributed by atoms with Gasteiger partial charge in [0.25, 0.3) is 0 Å². The van der Waals surface area contributed by atoms with E-state index in [1.165, 1.54) is 12.5 Å². The van der Waals surface area contributed by atoms with Crippen molar-refractivity contribution in [2.75, 3.05) is 18.4 Å². The van der Waals surface area contributed by atoms with Gasteiger partial charge in [0.2, 0.25) is 5.91 Å². The van der Waals surface area contributed by atoms with Crippen LogP contribution in [0.5, 0.6) is 0 Å². The highest BCUT2D eigenvalue weighted by Crippen LogP contribution is 2.25. The summed E-state index contributed by atoms with van der Waals surface area (Å²) in [5.41, 5.74) is 3.17. The van der Waals surface area contributed by atoms with Crippen molar-refractivity contribution in [3.05, 3.63) is 53.9 Å². The number of amides is 2. The Morgan fingerprint density at radius 2 is 1.88 bits per heavy atom. The summed E-state index contributed by atoms with van der Waals surface area (Å²) in [5.74, 6) is -0.0528. The van der Waals surface area contributed by atoms with Crippen LogP contribution in [0.4, 0.5) is 10.5 Å². The summed E-state index contributed by atoms with van der Waals surface area (Å²) in [7, 11) is 0. The molecule has 26 heavy (non-hydrogen) atoms. The number of carbonyl (C=O) groups excluding carboxylic acids is 2. The molecule has 2 aliphatic rings. The van der Waals surface area contributed by atoms with E-state index in [9.17, 15) is 9.59 Å². The van der Waals surface area contributed by atoms with E-state index >= 15 is 0 Å². The summed E-state index contributed by atoms with van der Waals surface area (Å²) >= 11 is 0. The zero-order chi connectivity index (χ0) is 18.1. The molecule has 2 aromatic rings. The maximum absolute atomic E-state index is 12.5. The van der Waals surface area contributed by atoms with Crippen LogP contribution in [0.3, 0.4) is 0 Å². The summed E-state index contributed by atoms with van der Waals surface area (Å²) in [6.07, 6.45) is 3.89. The van der Waals surface area contributed by atoms with Crippen LogP contribution in [0.2, 0.25) is 0 Å². The topological polar surface area (TPSA) is 57.6 Å². The number of likely N-dealkylation sites (tertiary alicyclic amines) is 1. The number of nitrogens with zero attached hydrogens (tertiary/aromatic N) is 3. The van der Waals surface area contributed by atoms with Crippen molar-refractivity contribution < 1.29 is 9.59 Å². The Balaban J connectivity index is 1.29. The second kappa shape index (κ2) is 6.96. The van der Waals surface area contributed by atoms with Gasteiger partial charge in [0, 0.05) is 50.2 Å². The number of hydrogen-bond donors (Lipinski definition) is 1. The molecule has 6 heteroatoms. The molecule has 0 unspecified atom stereocenters. The highest BCUT2D eigenvalue weighted by molar-refractivity contribution is 5.88. The van der Waals surface area contributed by atoms with E-state index in [1.54, 1.807) is 4.57 Å². The van der Waals surface area contributed by atoms with E-state index < -0.39 is 0 Å². The predicted octanol–water partition coefficient (Wildman–Crippen LogP) is 2.89. The lowest BCUT2D eigenvalue weighted by Gasteiger charge is -2.36. The molecule has 136 valence electrons. The number of benzene rings is 1. The summed E-state index contributed by atoms with van der Waals surface area (Å²) < 4.78 is 1.77. The molecular formula is C20H24N4O2. The molecule has 0 saturated carbocycles. The Bertz CT molecular complexity index is 803. The molecule has 0 bridgehead atoms. The van der Waals surface area contributed by atoms with Crippen LogP contribution in [-0.2, 0) is 17.9 Å². The fraction of sp³-hybridized carbons (Fsp3) is 0.400. The molecule has 2 aliphatic heterocycles. The number of hydrogen-bond acceptors (Lipinski definition) is 3. The van der Waals surface area contributed by atoms with Gasteiger partial charge in [-0.2, -0.15) is 0 Å². The highest BCUT2D eigenvalue weighted by atomic mass is 16.2. The van der Waals surface area contributed by atoms with Crippen molar-refractivity contribution in [1.82, 2.24) is 14.4 Å². The first-order chi connectivity index (χ1) is 12.6. The lowest BCUT2D eigenvalue weighted by Crippen LogP contribution is -2.45. The molecule has 0 radical (unpaired) electrons. The van der Waals surface area contributed by atoms with Crippen molar-refractivity contribution in [2.45, 2.75) is 38.9 Å². The first kappa shape index (κ1) is 16.8. The zero-order valence-electron chi connectivity index (χ0n) is 15.0. The van der Waals surface area contributed by atoms with E-state index in [-0.39, 0.29) is 11.9 Å². The molecule has 0 atom stereocenters. The number of piperidine rings is 1. The molecule has 0 spiro atoms. The number of fused-ring (bicyclic) bond motifs is 1. The smallest absolute Gasteiger partial charge is 0.326 e. The summed E-state index contributed by atoms with van der Waals surface area (Å²) in [6, 6.07) is 12.4. The van der Waals surface area contributed by atoms with Crippen LogP contribution in [0.1, 0.15) is 31.0 Å². The van der Waals surface area contributed by atoms with E-state index in [0.717, 1.165) is 50.4 Å². The van der Waals surface area contributed by atoms with Crippen LogP contribution in [0.25, 0.3) is 0 Å². The van der Waals surface area contributed by atoms with E-state index in [1.807, 2.05) is 35.4 Å². The fourth-order valence-corrected chi connectivity index (χ4v) is 3.94. The van der Waals surface area contributed by atoms with Gasteiger partial charge in [-0.25, -0.2) is 4.79 Å². The minimum atomic E-state index is -0.0528. The molecule has 1 N–H and O–H groups in total. The SMILES string of the molecule is CC(=O)Nc1ccc(CN2CCC(N3Cc4cccn4C3=O)CC2)cc1. The van der Waals surface area contributed by atoms with Gasteiger partial charge < -0.3 is 10.2 Å². The first-order valence-electron chi connectivity index (χ1n) is 9.16. The van der Waals surface area contributed by atoms with Crippen LogP contribution in [0, 0.1) is 0 Å². The van der Waals surface area contributed by atoms with Gasteiger partial charge in [-0.05, 0) is 42.7 Å². The number of nitrogens with one attached hydrogen (secondary N) is 1. The van der Waals surface area contributed by atoms with Gasteiger partial charge in [-0.1, -0.05) is 12.1 Å². The number of carbonyl (C=O) groups is 2. The van der Waals surface area contributed by atoms with Crippen molar-refractivity contribution in [3.63, 3.8) is 0 Å². The molecule has 2 amide bonds. The maximum atomic E-state index is 12.5. The Labute approximate surface area is 153 Å². The summed E-state index contributed by atoms with van der Waals surface area (Å²) in [6.45, 7) is 5.15. The molecule has 4 rings (SSSR count). The monoisotopic (exact) mass is 352 g/mol. The third-order valence-corrected chi connectivity index (χ3v) is 5.30. The highest BCUT2D eigenvalue weighted by Gasteiger charge is 2.33. The Morgan fingerprint density at radius 1 is 1.15 bits per heavy atom. The Kier molecular flexibility index (Phi) is 4.51. The van der Waals surface area contributed by atoms with Crippen molar-refractivity contribution in [2.24, 2.45) is 0 Å². The number of aromatic nitrogens is 1. The van der Waals surface area contributed by atoms with E-state index in [2.05, 4.69) is 22.3 Å². The first-order valence-corrected chi connectivity index (χ1v) is 9.16. The molecule has 1 fully saturated rings. The molecule has 3 heterocycles. The average molecular weight is 352 g/mol. The van der Waals surface area contributed by atoms with Gasteiger partial charge in [0.1, 0.15) is 0 Å². The third-order valence-electron chi connectivity index (χ3n) is 5.30. The summed E-state index contributed by atoms with van der Waals surface area (Å²) in [5, 5.41) is 2.79. The van der Waals surface area contributed by atoms with Gasteiger partial charge in [-0.15, -0.1) is 0 Å². The Hall–Kier alpha value is -2.60. The molecule has 0 aliphatic carbocycles. The Morgan fingerprint density at radius 3 is 2.54 bits per heavy atom. The van der Waals surface area contributed by atoms with Crippen LogP contribution >= 0.6 is 0 Å². The maximum Gasteiger partial charge on any atom is 0.329 e. The van der Waals surface area contributed by atoms with E-state index in [0.29, 0.717) is 6.04 Å². The second-order valence-electron chi connectivity index (χ2n) is 7.17.